The molecule has 0 aliphatic carbocycles. The molecule has 102 valence electrons. The van der Waals surface area contributed by atoms with E-state index in [2.05, 4.69) is 43.3 Å². The summed E-state index contributed by atoms with van der Waals surface area (Å²) in [6.45, 7) is 14.7. The highest BCUT2D eigenvalue weighted by Crippen LogP contribution is 2.28. The van der Waals surface area contributed by atoms with Crippen LogP contribution in [0.5, 0.6) is 0 Å². The molecular weight excluding hydrogens is 242 g/mol. The minimum absolute atomic E-state index is 0.154. The summed E-state index contributed by atoms with van der Waals surface area (Å²) in [5.41, 5.74) is 1.41. The van der Waals surface area contributed by atoms with E-state index in [1.165, 1.54) is 10.7 Å². The lowest BCUT2D eigenvalue weighted by atomic mass is 9.89. The summed E-state index contributed by atoms with van der Waals surface area (Å²) in [4.78, 5) is 7.37. The van der Waals surface area contributed by atoms with Crippen LogP contribution in [0.2, 0.25) is 0 Å². The van der Waals surface area contributed by atoms with Gasteiger partial charge in [0.05, 0.1) is 10.7 Å². The molecule has 1 aliphatic rings. The molecule has 0 spiro atoms. The van der Waals surface area contributed by atoms with Crippen LogP contribution >= 0.6 is 11.3 Å². The van der Waals surface area contributed by atoms with Crippen LogP contribution in [-0.4, -0.2) is 42.6 Å². The summed E-state index contributed by atoms with van der Waals surface area (Å²) in [5.74, 6) is 0.540. The van der Waals surface area contributed by atoms with Gasteiger partial charge in [-0.25, -0.2) is 4.98 Å². The second kappa shape index (κ2) is 5.68. The second-order valence-electron chi connectivity index (χ2n) is 6.14. The monoisotopic (exact) mass is 267 g/mol. The van der Waals surface area contributed by atoms with Crippen LogP contribution in [0.4, 0.5) is 0 Å². The van der Waals surface area contributed by atoms with Gasteiger partial charge in [-0.2, -0.15) is 0 Å². The van der Waals surface area contributed by atoms with Crippen LogP contribution in [0.3, 0.4) is 0 Å². The van der Waals surface area contributed by atoms with Crippen LogP contribution < -0.4 is 5.32 Å². The first kappa shape index (κ1) is 14.0. The zero-order valence-corrected chi connectivity index (χ0v) is 12.8. The maximum atomic E-state index is 4.82. The van der Waals surface area contributed by atoms with Crippen molar-refractivity contribution in [2.45, 2.75) is 39.0 Å². The first-order valence-electron chi connectivity index (χ1n) is 6.88. The van der Waals surface area contributed by atoms with Crippen molar-refractivity contribution in [3.8, 4) is 0 Å². The van der Waals surface area contributed by atoms with Crippen molar-refractivity contribution < 1.29 is 0 Å². The van der Waals surface area contributed by atoms with Crippen molar-refractivity contribution in [2.75, 3.05) is 32.7 Å². The van der Waals surface area contributed by atoms with E-state index in [4.69, 9.17) is 4.98 Å². The molecule has 18 heavy (non-hydrogen) atoms. The summed E-state index contributed by atoms with van der Waals surface area (Å²) in [7, 11) is 0. The van der Waals surface area contributed by atoms with E-state index in [1.807, 2.05) is 0 Å². The van der Waals surface area contributed by atoms with E-state index >= 15 is 0 Å². The van der Waals surface area contributed by atoms with Gasteiger partial charge in [-0.3, -0.25) is 4.90 Å². The number of hydrogen-bond acceptors (Lipinski definition) is 4. The molecule has 2 heterocycles. The predicted octanol–water partition coefficient (Wildman–Crippen LogP) is 2.45. The van der Waals surface area contributed by atoms with Crippen LogP contribution in [-0.2, 0) is 5.41 Å². The van der Waals surface area contributed by atoms with Gasteiger partial charge in [-0.1, -0.05) is 27.7 Å². The molecule has 0 unspecified atom stereocenters. The molecule has 1 saturated heterocycles. The molecule has 0 bridgehead atoms. The van der Waals surface area contributed by atoms with Gasteiger partial charge in [0, 0.05) is 49.4 Å². The Balaban J connectivity index is 2.03. The van der Waals surface area contributed by atoms with Crippen molar-refractivity contribution in [2.24, 2.45) is 0 Å². The van der Waals surface area contributed by atoms with Crippen molar-refractivity contribution in [1.82, 2.24) is 15.2 Å². The Bertz CT molecular complexity index is 378. The standard InChI is InChI=1S/C14H25N3S/c1-11(2)13-16-12(9-18-13)14(3,4)10-17-7-5-15-6-8-17/h9,11,15H,5-8,10H2,1-4H3. The maximum Gasteiger partial charge on any atom is 0.0953 e. The van der Waals surface area contributed by atoms with Crippen LogP contribution in [0.25, 0.3) is 0 Å². The summed E-state index contributed by atoms with van der Waals surface area (Å²) in [6.07, 6.45) is 0. The van der Waals surface area contributed by atoms with Crippen LogP contribution in [0.15, 0.2) is 5.38 Å². The number of rotatable bonds is 4. The molecule has 1 N–H and O–H groups in total. The van der Waals surface area contributed by atoms with Gasteiger partial charge in [0.15, 0.2) is 0 Å². The highest BCUT2D eigenvalue weighted by atomic mass is 32.1. The number of aromatic nitrogens is 1. The number of piperazine rings is 1. The minimum Gasteiger partial charge on any atom is -0.314 e. The van der Waals surface area contributed by atoms with Gasteiger partial charge >= 0.3 is 0 Å². The number of nitrogens with zero attached hydrogens (tertiary/aromatic N) is 2. The Labute approximate surface area is 115 Å². The Kier molecular flexibility index (Phi) is 4.41. The second-order valence-corrected chi connectivity index (χ2v) is 7.03. The molecule has 0 amide bonds. The summed E-state index contributed by atoms with van der Waals surface area (Å²) in [6, 6.07) is 0. The first-order chi connectivity index (χ1) is 8.49. The molecule has 1 fully saturated rings. The third kappa shape index (κ3) is 3.31. The minimum atomic E-state index is 0.154. The van der Waals surface area contributed by atoms with Gasteiger partial charge in [0.25, 0.3) is 0 Å². The fourth-order valence-electron chi connectivity index (χ4n) is 2.37. The first-order valence-corrected chi connectivity index (χ1v) is 7.76. The maximum absolute atomic E-state index is 4.82. The van der Waals surface area contributed by atoms with Crippen molar-refractivity contribution in [3.63, 3.8) is 0 Å². The van der Waals surface area contributed by atoms with E-state index in [1.54, 1.807) is 11.3 Å². The largest absolute Gasteiger partial charge is 0.314 e. The Hall–Kier alpha value is -0.450. The lowest BCUT2D eigenvalue weighted by Gasteiger charge is -2.34. The molecule has 3 nitrogen and oxygen atoms in total. The molecule has 2 rings (SSSR count). The molecular formula is C14H25N3S. The average molecular weight is 267 g/mol. The van der Waals surface area contributed by atoms with Gasteiger partial charge in [0.2, 0.25) is 0 Å². The Morgan fingerprint density at radius 3 is 2.61 bits per heavy atom. The van der Waals surface area contributed by atoms with Gasteiger partial charge < -0.3 is 5.32 Å². The van der Waals surface area contributed by atoms with Crippen molar-refractivity contribution in [3.05, 3.63) is 16.1 Å². The zero-order valence-electron chi connectivity index (χ0n) is 12.0. The van der Waals surface area contributed by atoms with E-state index < -0.39 is 0 Å². The van der Waals surface area contributed by atoms with Crippen LogP contribution in [0.1, 0.15) is 44.3 Å². The predicted molar refractivity (Wildman–Crippen MR) is 78.5 cm³/mol. The SMILES string of the molecule is CC(C)c1nc(C(C)(C)CN2CCNCC2)cs1. The van der Waals surface area contributed by atoms with E-state index in [9.17, 15) is 0 Å². The highest BCUT2D eigenvalue weighted by molar-refractivity contribution is 7.09. The topological polar surface area (TPSA) is 28.2 Å². The molecule has 0 radical (unpaired) electrons. The van der Waals surface area contributed by atoms with E-state index in [-0.39, 0.29) is 5.41 Å². The molecule has 1 aliphatic heterocycles. The lowest BCUT2D eigenvalue weighted by Crippen LogP contribution is -2.48. The third-order valence-electron chi connectivity index (χ3n) is 3.54. The van der Waals surface area contributed by atoms with E-state index in [0.29, 0.717) is 5.92 Å². The quantitative estimate of drug-likeness (QED) is 0.908. The van der Waals surface area contributed by atoms with Crippen molar-refractivity contribution in [1.29, 1.82) is 0 Å². The molecule has 0 atom stereocenters. The highest BCUT2D eigenvalue weighted by Gasteiger charge is 2.27. The van der Waals surface area contributed by atoms with E-state index in [0.717, 1.165) is 32.7 Å². The number of hydrogen-bond donors (Lipinski definition) is 1. The average Bonchev–Trinajstić information content (AvgIpc) is 2.79. The third-order valence-corrected chi connectivity index (χ3v) is 4.68. The van der Waals surface area contributed by atoms with Gasteiger partial charge in [-0.15, -0.1) is 11.3 Å². The Morgan fingerprint density at radius 1 is 1.39 bits per heavy atom. The fourth-order valence-corrected chi connectivity index (χ4v) is 3.40. The Morgan fingerprint density at radius 2 is 2.06 bits per heavy atom. The summed E-state index contributed by atoms with van der Waals surface area (Å²) < 4.78 is 0. The number of nitrogens with one attached hydrogen (secondary N) is 1. The summed E-state index contributed by atoms with van der Waals surface area (Å²) >= 11 is 1.80. The molecule has 0 saturated carbocycles. The van der Waals surface area contributed by atoms with Gasteiger partial charge in [-0.05, 0) is 0 Å². The lowest BCUT2D eigenvalue weighted by molar-refractivity contribution is 0.198. The zero-order chi connectivity index (χ0) is 13.2. The van der Waals surface area contributed by atoms with Crippen LogP contribution in [0, 0.1) is 0 Å². The molecule has 0 aromatic carbocycles. The number of thiazole rings is 1. The molecule has 4 heteroatoms. The van der Waals surface area contributed by atoms with Gasteiger partial charge in [0.1, 0.15) is 0 Å². The summed E-state index contributed by atoms with van der Waals surface area (Å²) in [5, 5.41) is 6.91. The normalized spacial score (nSPS) is 18.5. The molecule has 1 aromatic heterocycles. The molecule has 1 aromatic rings. The smallest absolute Gasteiger partial charge is 0.0953 e. The van der Waals surface area contributed by atoms with Crippen molar-refractivity contribution >= 4 is 11.3 Å². The fraction of sp³-hybridized carbons (Fsp3) is 0.786.